The molecule has 4 atom stereocenters. The first kappa shape index (κ1) is 28.2. The summed E-state index contributed by atoms with van der Waals surface area (Å²) < 4.78 is 81.3. The zero-order valence-electron chi connectivity index (χ0n) is 22.1. The summed E-state index contributed by atoms with van der Waals surface area (Å²) in [6.07, 6.45) is -3.32. The van der Waals surface area contributed by atoms with Crippen LogP contribution < -0.4 is 15.4 Å². The van der Waals surface area contributed by atoms with Crippen LogP contribution in [0.3, 0.4) is 0 Å². The fraction of sp³-hybridized carbons (Fsp3) is 0.519. The molecule has 2 N–H and O–H groups in total. The van der Waals surface area contributed by atoms with E-state index < -0.39 is 53.0 Å². The number of anilines is 1. The van der Waals surface area contributed by atoms with E-state index in [1.807, 2.05) is 0 Å². The minimum atomic E-state index is -4.88. The smallest absolute Gasteiger partial charge is 0.417 e. The third-order valence-corrected chi connectivity index (χ3v) is 8.42. The summed E-state index contributed by atoms with van der Waals surface area (Å²) in [7, 11) is 1.05. The van der Waals surface area contributed by atoms with Gasteiger partial charge in [-0.15, -0.1) is 0 Å². The highest BCUT2D eigenvalue weighted by atomic mass is 19.4. The summed E-state index contributed by atoms with van der Waals surface area (Å²) in [6.45, 7) is 4.01. The van der Waals surface area contributed by atoms with Crippen LogP contribution in [-0.4, -0.2) is 71.9 Å². The quantitative estimate of drug-likeness (QED) is 0.530. The zero-order chi connectivity index (χ0) is 29.0. The summed E-state index contributed by atoms with van der Waals surface area (Å²) >= 11 is 0. The highest BCUT2D eigenvalue weighted by Gasteiger charge is 2.66. The molecule has 1 aromatic carbocycles. The number of hydrogen-bond donors (Lipinski definition) is 2. The Morgan fingerprint density at radius 2 is 1.95 bits per heavy atom. The van der Waals surface area contributed by atoms with Crippen molar-refractivity contribution in [3.05, 3.63) is 53.4 Å². The molecule has 8 nitrogen and oxygen atoms in total. The lowest BCUT2D eigenvalue weighted by Gasteiger charge is -2.48. The summed E-state index contributed by atoms with van der Waals surface area (Å²) in [4.78, 5) is 32.1. The van der Waals surface area contributed by atoms with E-state index in [2.05, 4.69) is 15.6 Å². The van der Waals surface area contributed by atoms with Crippen molar-refractivity contribution in [3.63, 3.8) is 0 Å². The third kappa shape index (κ3) is 4.58. The van der Waals surface area contributed by atoms with Crippen molar-refractivity contribution < 1.29 is 41.0 Å². The SMILES string of the molecule is COc1c([C@H]2[C@H](C(=O)Nc3ccnc(C(=O)N4CC5(CCCN5)C4)c3)O[C@@](C)(C(F)(F)F)[C@H]2C)ccc(F)c1F. The van der Waals surface area contributed by atoms with Crippen molar-refractivity contribution in [1.29, 1.82) is 0 Å². The summed E-state index contributed by atoms with van der Waals surface area (Å²) in [6, 6.07) is 4.58. The van der Waals surface area contributed by atoms with Crippen molar-refractivity contribution in [2.75, 3.05) is 32.1 Å². The van der Waals surface area contributed by atoms with Crippen LogP contribution in [-0.2, 0) is 9.53 Å². The van der Waals surface area contributed by atoms with Crippen molar-refractivity contribution in [3.8, 4) is 5.75 Å². The van der Waals surface area contributed by atoms with Crippen LogP contribution in [0, 0.1) is 17.6 Å². The molecule has 2 aromatic rings. The molecule has 0 unspecified atom stereocenters. The molecule has 40 heavy (non-hydrogen) atoms. The molecule has 0 radical (unpaired) electrons. The Morgan fingerprint density at radius 1 is 1.23 bits per heavy atom. The molecule has 2 amide bonds. The predicted octanol–water partition coefficient (Wildman–Crippen LogP) is 4.02. The Balaban J connectivity index is 1.41. The number of nitrogens with zero attached hydrogens (tertiary/aromatic N) is 2. The van der Waals surface area contributed by atoms with E-state index in [0.717, 1.165) is 45.6 Å². The fourth-order valence-corrected chi connectivity index (χ4v) is 6.01. The van der Waals surface area contributed by atoms with Crippen LogP contribution in [0.15, 0.2) is 30.5 Å². The third-order valence-electron chi connectivity index (χ3n) is 8.42. The van der Waals surface area contributed by atoms with Gasteiger partial charge in [0.1, 0.15) is 11.8 Å². The van der Waals surface area contributed by atoms with Gasteiger partial charge in [-0.05, 0) is 44.5 Å². The van der Waals surface area contributed by atoms with Crippen molar-refractivity contribution in [2.24, 2.45) is 5.92 Å². The molecule has 13 heteroatoms. The largest absolute Gasteiger partial charge is 0.493 e. The second-order valence-electron chi connectivity index (χ2n) is 10.8. The topological polar surface area (TPSA) is 92.8 Å². The van der Waals surface area contributed by atoms with Gasteiger partial charge in [0.15, 0.2) is 17.2 Å². The number of likely N-dealkylation sites (tertiary alicyclic amines) is 1. The van der Waals surface area contributed by atoms with Gasteiger partial charge >= 0.3 is 6.18 Å². The second-order valence-corrected chi connectivity index (χ2v) is 10.8. The predicted molar refractivity (Wildman–Crippen MR) is 133 cm³/mol. The van der Waals surface area contributed by atoms with Crippen molar-refractivity contribution >= 4 is 17.5 Å². The van der Waals surface area contributed by atoms with Gasteiger partial charge in [-0.1, -0.05) is 13.0 Å². The van der Waals surface area contributed by atoms with Crippen LogP contribution in [0.25, 0.3) is 0 Å². The first-order valence-electron chi connectivity index (χ1n) is 12.9. The lowest BCUT2D eigenvalue weighted by atomic mass is 9.77. The van der Waals surface area contributed by atoms with Crippen LogP contribution in [0.4, 0.5) is 27.6 Å². The number of carbonyl (C=O) groups excluding carboxylic acids is 2. The molecule has 0 aliphatic carbocycles. The molecule has 1 aromatic heterocycles. The monoisotopic (exact) mass is 568 g/mol. The van der Waals surface area contributed by atoms with Gasteiger partial charge < -0.3 is 25.0 Å². The summed E-state index contributed by atoms with van der Waals surface area (Å²) in [5, 5.41) is 5.92. The van der Waals surface area contributed by atoms with E-state index in [1.165, 1.54) is 25.3 Å². The Morgan fingerprint density at radius 3 is 2.58 bits per heavy atom. The summed E-state index contributed by atoms with van der Waals surface area (Å²) in [5.41, 5.74) is -2.81. The van der Waals surface area contributed by atoms with Gasteiger partial charge in [0.05, 0.1) is 12.6 Å². The molecule has 5 rings (SSSR count). The number of amides is 2. The zero-order valence-corrected chi connectivity index (χ0v) is 22.1. The second kappa shape index (κ2) is 9.95. The van der Waals surface area contributed by atoms with E-state index in [4.69, 9.17) is 9.47 Å². The van der Waals surface area contributed by atoms with Gasteiger partial charge in [-0.2, -0.15) is 17.6 Å². The Labute approximate surface area is 227 Å². The van der Waals surface area contributed by atoms with Crippen molar-refractivity contribution in [1.82, 2.24) is 15.2 Å². The minimum absolute atomic E-state index is 0.0605. The number of rotatable bonds is 5. The number of halogens is 5. The molecule has 3 saturated heterocycles. The van der Waals surface area contributed by atoms with E-state index in [0.29, 0.717) is 13.1 Å². The molecule has 3 aliphatic rings. The number of ether oxygens (including phenoxy) is 2. The van der Waals surface area contributed by atoms with E-state index in [-0.39, 0.29) is 28.4 Å². The maximum Gasteiger partial charge on any atom is 0.417 e. The Kier molecular flexibility index (Phi) is 7.02. The maximum absolute atomic E-state index is 14.6. The van der Waals surface area contributed by atoms with Gasteiger partial charge in [0.2, 0.25) is 5.82 Å². The van der Waals surface area contributed by atoms with E-state index in [9.17, 15) is 31.5 Å². The average Bonchev–Trinajstić information content (AvgIpc) is 3.48. The van der Waals surface area contributed by atoms with Crippen LogP contribution in [0.2, 0.25) is 0 Å². The maximum atomic E-state index is 14.6. The van der Waals surface area contributed by atoms with Gasteiger partial charge in [0, 0.05) is 42.4 Å². The van der Waals surface area contributed by atoms with E-state index >= 15 is 0 Å². The lowest BCUT2D eigenvalue weighted by Crippen LogP contribution is -2.68. The molecule has 0 bridgehead atoms. The van der Waals surface area contributed by atoms with Crippen LogP contribution in [0.5, 0.6) is 5.75 Å². The Hall–Kier alpha value is -3.32. The van der Waals surface area contributed by atoms with Crippen LogP contribution >= 0.6 is 0 Å². The molecule has 1 spiro atoms. The molecular formula is C27H29F5N4O4. The first-order valence-corrected chi connectivity index (χ1v) is 12.9. The Bertz CT molecular complexity index is 1320. The molecule has 4 heterocycles. The molecular weight excluding hydrogens is 539 g/mol. The minimum Gasteiger partial charge on any atom is -0.493 e. The van der Waals surface area contributed by atoms with Crippen LogP contribution in [0.1, 0.15) is 48.7 Å². The number of pyridine rings is 1. The number of benzene rings is 1. The highest BCUT2D eigenvalue weighted by molar-refractivity contribution is 5.98. The van der Waals surface area contributed by atoms with Gasteiger partial charge in [-0.3, -0.25) is 14.6 Å². The molecule has 3 aliphatic heterocycles. The summed E-state index contributed by atoms with van der Waals surface area (Å²) in [5.74, 6) is -7.28. The lowest BCUT2D eigenvalue weighted by molar-refractivity contribution is -0.272. The standard InChI is InChI=1S/C27H29F5N4O4/c1-14-19(16-5-6-17(28)20(29)21(16)39-3)22(40-25(14,2)27(30,31)32)23(37)35-15-7-10-33-18(11-15)24(38)36-12-26(13-36)8-4-9-34-26/h5-7,10-11,14,19,22,34H,4,8-9,12-13H2,1-3H3,(H,33,35,37)/t14-,19-,22+,25+/m0/s1. The average molecular weight is 569 g/mol. The molecule has 216 valence electrons. The number of nitrogens with one attached hydrogen (secondary N) is 2. The number of carbonyl (C=O) groups is 2. The van der Waals surface area contributed by atoms with E-state index in [1.54, 1.807) is 4.90 Å². The van der Waals surface area contributed by atoms with Crippen molar-refractivity contribution in [2.45, 2.75) is 56.0 Å². The number of aromatic nitrogens is 1. The number of methoxy groups -OCH3 is 1. The first-order chi connectivity index (χ1) is 18.8. The molecule has 3 fully saturated rings. The molecule has 0 saturated carbocycles. The number of hydrogen-bond acceptors (Lipinski definition) is 6. The fourth-order valence-electron chi connectivity index (χ4n) is 6.01. The normalized spacial score (nSPS) is 27.5. The van der Waals surface area contributed by atoms with Gasteiger partial charge in [-0.25, -0.2) is 4.39 Å². The highest BCUT2D eigenvalue weighted by Crippen LogP contribution is 2.55. The number of alkyl halides is 3. The van der Waals surface area contributed by atoms with Gasteiger partial charge in [0.25, 0.3) is 11.8 Å².